The molecule has 4 rings (SSSR count). The Morgan fingerprint density at radius 3 is 2.53 bits per heavy atom. The van der Waals surface area contributed by atoms with Crippen LogP contribution in [0.25, 0.3) is 0 Å². The van der Waals surface area contributed by atoms with Gasteiger partial charge >= 0.3 is 6.09 Å². The Bertz CT molecular complexity index is 858. The highest BCUT2D eigenvalue weighted by molar-refractivity contribution is 7.08. The van der Waals surface area contributed by atoms with Crippen LogP contribution in [0, 0.1) is 11.8 Å². The van der Waals surface area contributed by atoms with Gasteiger partial charge in [-0.05, 0) is 91.8 Å². The van der Waals surface area contributed by atoms with Crippen LogP contribution < -0.4 is 10.5 Å². The van der Waals surface area contributed by atoms with Crippen LogP contribution in [0.5, 0.6) is 5.75 Å². The maximum atomic E-state index is 13.2. The van der Waals surface area contributed by atoms with Crippen molar-refractivity contribution in [2.24, 2.45) is 11.1 Å². The number of hydrogen-bond acceptors (Lipinski definition) is 5. The van der Waals surface area contributed by atoms with E-state index in [0.717, 1.165) is 57.4 Å². The number of hydrogen-bond donors (Lipinski definition) is 1. The summed E-state index contributed by atoms with van der Waals surface area (Å²) in [5.41, 5.74) is 7.19. The largest absolute Gasteiger partial charge is 0.411 e. The fourth-order valence-electron chi connectivity index (χ4n) is 4.52. The zero-order valence-electron chi connectivity index (χ0n) is 17.1. The fourth-order valence-corrected chi connectivity index (χ4v) is 5.16. The Morgan fingerprint density at radius 1 is 1.13 bits per heavy atom. The van der Waals surface area contributed by atoms with Gasteiger partial charge in [0.1, 0.15) is 5.75 Å². The van der Waals surface area contributed by atoms with E-state index in [-0.39, 0.29) is 5.41 Å². The van der Waals surface area contributed by atoms with Crippen molar-refractivity contribution in [3.63, 3.8) is 0 Å². The van der Waals surface area contributed by atoms with E-state index in [0.29, 0.717) is 18.2 Å². The second kappa shape index (κ2) is 9.18. The first-order valence-corrected chi connectivity index (χ1v) is 11.4. The molecule has 0 bridgehead atoms. The summed E-state index contributed by atoms with van der Waals surface area (Å²) in [6.07, 6.45) is 5.37. The van der Waals surface area contributed by atoms with Crippen LogP contribution in [-0.4, -0.2) is 48.0 Å². The van der Waals surface area contributed by atoms with Gasteiger partial charge in [0.05, 0.1) is 5.41 Å². The van der Waals surface area contributed by atoms with Crippen molar-refractivity contribution >= 4 is 23.3 Å². The van der Waals surface area contributed by atoms with Gasteiger partial charge in [-0.1, -0.05) is 12.1 Å². The predicted octanol–water partition coefficient (Wildman–Crippen LogP) is 3.66. The summed E-state index contributed by atoms with van der Waals surface area (Å²) < 4.78 is 4.86. The average Bonchev–Trinajstić information content (AvgIpc) is 3.35. The number of primary amides is 1. The highest BCUT2D eigenvalue weighted by atomic mass is 32.1. The van der Waals surface area contributed by atoms with E-state index in [1.165, 1.54) is 5.56 Å². The Kier molecular flexibility index (Phi) is 6.39. The Hall–Kier alpha value is -2.38. The number of thiophene rings is 1. The lowest BCUT2D eigenvalue weighted by atomic mass is 9.77. The first-order valence-electron chi connectivity index (χ1n) is 10.5. The van der Waals surface area contributed by atoms with Crippen molar-refractivity contribution in [1.82, 2.24) is 9.80 Å². The van der Waals surface area contributed by atoms with Gasteiger partial charge in [0.15, 0.2) is 0 Å². The number of nitrogens with zero attached hydrogens (tertiary/aromatic N) is 2. The first-order chi connectivity index (χ1) is 14.5. The van der Waals surface area contributed by atoms with Crippen LogP contribution >= 0.6 is 11.3 Å². The van der Waals surface area contributed by atoms with Gasteiger partial charge in [-0.25, -0.2) is 4.79 Å². The van der Waals surface area contributed by atoms with Gasteiger partial charge < -0.3 is 20.3 Å². The summed E-state index contributed by atoms with van der Waals surface area (Å²) in [4.78, 5) is 28.5. The molecule has 0 aliphatic carbocycles. The molecular formula is C23H28N3O3S. The minimum Gasteiger partial charge on any atom is -0.411 e. The van der Waals surface area contributed by atoms with Crippen LogP contribution in [0.3, 0.4) is 0 Å². The monoisotopic (exact) mass is 426 g/mol. The summed E-state index contributed by atoms with van der Waals surface area (Å²) in [5, 5.41) is 4.28. The number of rotatable bonds is 7. The van der Waals surface area contributed by atoms with Crippen LogP contribution in [0.15, 0.2) is 41.1 Å². The summed E-state index contributed by atoms with van der Waals surface area (Å²) in [7, 11) is 0. The van der Waals surface area contributed by atoms with Gasteiger partial charge in [0, 0.05) is 13.1 Å². The maximum Gasteiger partial charge on any atom is 0.409 e. The third-order valence-corrected chi connectivity index (χ3v) is 7.00. The third-order valence-electron chi connectivity index (χ3n) is 6.30. The molecular weight excluding hydrogens is 398 g/mol. The molecule has 0 atom stereocenters. The van der Waals surface area contributed by atoms with Crippen LogP contribution in [0.1, 0.15) is 36.8 Å². The highest BCUT2D eigenvalue weighted by Crippen LogP contribution is 2.42. The topological polar surface area (TPSA) is 75.9 Å². The number of nitrogens with two attached hydrogens (primary N) is 1. The molecule has 7 heteroatoms. The molecule has 2 saturated heterocycles. The number of ether oxygens (including phenoxy) is 1. The molecule has 6 nitrogen and oxygen atoms in total. The minimum absolute atomic E-state index is 0.178. The SMILES string of the molecule is NC(=O)Oc1ccc(CN2CCC3(CCN(CC[CH]c4ccsc4)CC3)C2=O)cc1. The number of likely N-dealkylation sites (tertiary alicyclic amines) is 2. The summed E-state index contributed by atoms with van der Waals surface area (Å²) in [6.45, 7) is 4.46. The van der Waals surface area contributed by atoms with Crippen molar-refractivity contribution in [2.45, 2.75) is 32.2 Å². The number of carbonyl (C=O) groups is 2. The quantitative estimate of drug-likeness (QED) is 0.733. The van der Waals surface area contributed by atoms with Crippen molar-refractivity contribution < 1.29 is 14.3 Å². The lowest BCUT2D eigenvalue weighted by Crippen LogP contribution is -2.44. The van der Waals surface area contributed by atoms with E-state index in [4.69, 9.17) is 10.5 Å². The molecule has 2 N–H and O–H groups in total. The Labute approximate surface area is 181 Å². The molecule has 2 aliphatic rings. The van der Waals surface area contributed by atoms with Gasteiger partial charge in [0.25, 0.3) is 0 Å². The van der Waals surface area contributed by atoms with E-state index < -0.39 is 6.09 Å². The molecule has 0 saturated carbocycles. The lowest BCUT2D eigenvalue weighted by molar-refractivity contribution is -0.138. The van der Waals surface area contributed by atoms with Gasteiger partial charge in [-0.15, -0.1) is 0 Å². The van der Waals surface area contributed by atoms with E-state index in [1.54, 1.807) is 23.5 Å². The number of amides is 2. The summed E-state index contributed by atoms with van der Waals surface area (Å²) >= 11 is 1.73. The second-order valence-electron chi connectivity index (χ2n) is 8.21. The van der Waals surface area contributed by atoms with Crippen molar-refractivity contribution in [1.29, 1.82) is 0 Å². The number of benzene rings is 1. The van der Waals surface area contributed by atoms with E-state index in [1.807, 2.05) is 17.0 Å². The molecule has 30 heavy (non-hydrogen) atoms. The Morgan fingerprint density at radius 2 is 1.87 bits per heavy atom. The Balaban J connectivity index is 1.25. The average molecular weight is 427 g/mol. The summed E-state index contributed by atoms with van der Waals surface area (Å²) in [5.74, 6) is 0.712. The van der Waals surface area contributed by atoms with Gasteiger partial charge in [-0.2, -0.15) is 11.3 Å². The van der Waals surface area contributed by atoms with E-state index >= 15 is 0 Å². The van der Waals surface area contributed by atoms with Crippen molar-refractivity contribution in [2.75, 3.05) is 26.2 Å². The second-order valence-corrected chi connectivity index (χ2v) is 8.99. The standard InChI is InChI=1S/C23H28N3O3S/c24-22(28)29-20-5-3-18(4-6-20)16-26-14-10-23(21(26)27)8-12-25(13-9-23)11-1-2-19-7-15-30-17-19/h2-7,15,17H,1,8-14,16H2,(H2,24,28). The van der Waals surface area contributed by atoms with Gasteiger partial charge in [-0.3, -0.25) is 4.79 Å². The summed E-state index contributed by atoms with van der Waals surface area (Å²) in [6, 6.07) is 9.33. The third kappa shape index (κ3) is 4.84. The molecule has 1 aromatic heterocycles. The van der Waals surface area contributed by atoms with Crippen LogP contribution in [0.4, 0.5) is 4.79 Å². The van der Waals surface area contributed by atoms with Crippen molar-refractivity contribution in [3.05, 3.63) is 58.6 Å². The molecule has 2 amide bonds. The highest BCUT2D eigenvalue weighted by Gasteiger charge is 2.47. The normalized spacial score (nSPS) is 18.8. The zero-order valence-corrected chi connectivity index (χ0v) is 17.9. The fraction of sp³-hybridized carbons (Fsp3) is 0.435. The number of piperidine rings is 1. The lowest BCUT2D eigenvalue weighted by Gasteiger charge is -2.38. The molecule has 2 aromatic rings. The zero-order chi connectivity index (χ0) is 21.0. The van der Waals surface area contributed by atoms with E-state index in [9.17, 15) is 9.59 Å². The number of carbonyl (C=O) groups excluding carboxylic acids is 2. The first kappa shape index (κ1) is 20.9. The van der Waals surface area contributed by atoms with Crippen molar-refractivity contribution in [3.8, 4) is 5.75 Å². The predicted molar refractivity (Wildman–Crippen MR) is 117 cm³/mol. The molecule has 2 fully saturated rings. The molecule has 159 valence electrons. The van der Waals surface area contributed by atoms with Gasteiger partial charge in [0.2, 0.25) is 5.91 Å². The molecule has 1 spiro atoms. The molecule has 2 aliphatic heterocycles. The maximum absolute atomic E-state index is 13.2. The van der Waals surface area contributed by atoms with Crippen LogP contribution in [0.2, 0.25) is 0 Å². The molecule has 1 aromatic carbocycles. The van der Waals surface area contributed by atoms with Crippen LogP contribution in [-0.2, 0) is 11.3 Å². The smallest absolute Gasteiger partial charge is 0.409 e. The molecule has 1 radical (unpaired) electrons. The molecule has 0 unspecified atom stereocenters. The van der Waals surface area contributed by atoms with E-state index in [2.05, 4.69) is 28.1 Å². The minimum atomic E-state index is -0.824. The molecule has 3 heterocycles.